The Labute approximate surface area is 152 Å². The molecule has 0 aliphatic heterocycles. The molecule has 0 aliphatic rings. The molecule has 0 bridgehead atoms. The second-order valence-electron chi connectivity index (χ2n) is 7.65. The van der Waals surface area contributed by atoms with Gasteiger partial charge in [-0.25, -0.2) is 0 Å². The molecule has 0 unspecified atom stereocenters. The molecule has 0 fully saturated rings. The maximum absolute atomic E-state index is 12.5. The summed E-state index contributed by atoms with van der Waals surface area (Å²) in [7, 11) is 0. The van der Waals surface area contributed by atoms with E-state index in [-0.39, 0.29) is 17.3 Å². The molecule has 1 heterocycles. The lowest BCUT2D eigenvalue weighted by atomic mass is 9.87. The highest BCUT2D eigenvalue weighted by molar-refractivity contribution is 5.81. The van der Waals surface area contributed by atoms with Crippen LogP contribution in [0.2, 0.25) is 0 Å². The van der Waals surface area contributed by atoms with Crippen LogP contribution >= 0.6 is 0 Å². The maximum atomic E-state index is 12.5. The van der Waals surface area contributed by atoms with Gasteiger partial charge in [-0.3, -0.25) is 9.59 Å². The van der Waals surface area contributed by atoms with Crippen molar-refractivity contribution >= 4 is 16.9 Å². The van der Waals surface area contributed by atoms with Crippen molar-refractivity contribution in [2.24, 2.45) is 0 Å². The molecule has 3 rings (SSSR count). The van der Waals surface area contributed by atoms with Crippen molar-refractivity contribution in [1.82, 2.24) is 4.57 Å². The molecule has 0 saturated carbocycles. The molecule has 26 heavy (non-hydrogen) atoms. The fourth-order valence-electron chi connectivity index (χ4n) is 3.13. The van der Waals surface area contributed by atoms with Crippen LogP contribution < -0.4 is 5.43 Å². The van der Waals surface area contributed by atoms with Gasteiger partial charge in [0.25, 0.3) is 0 Å². The van der Waals surface area contributed by atoms with Crippen LogP contribution in [-0.2, 0) is 23.2 Å². The van der Waals surface area contributed by atoms with Gasteiger partial charge in [0.15, 0.2) is 5.43 Å². The Hall–Kier alpha value is -2.88. The van der Waals surface area contributed by atoms with Gasteiger partial charge in [0, 0.05) is 23.7 Å². The summed E-state index contributed by atoms with van der Waals surface area (Å²) in [6.45, 7) is 7.11. The highest BCUT2D eigenvalue weighted by Gasteiger charge is 2.14. The molecule has 0 radical (unpaired) electrons. The quantitative estimate of drug-likeness (QED) is 0.775. The van der Waals surface area contributed by atoms with E-state index >= 15 is 0 Å². The lowest BCUT2D eigenvalue weighted by Gasteiger charge is -2.19. The maximum Gasteiger partial charge on any atom is 0.308 e. The number of carbonyl (C=O) groups is 1. The van der Waals surface area contributed by atoms with Crippen molar-refractivity contribution in [2.75, 3.05) is 0 Å². The van der Waals surface area contributed by atoms with Gasteiger partial charge in [-0.1, -0.05) is 57.2 Å². The molecule has 4 heteroatoms. The summed E-state index contributed by atoms with van der Waals surface area (Å²) in [5.41, 5.74) is 3.37. The largest absolute Gasteiger partial charge is 0.481 e. The Bertz CT molecular complexity index is 1010. The number of aliphatic carboxylic acids is 1. The van der Waals surface area contributed by atoms with Crippen molar-refractivity contribution in [3.8, 4) is 0 Å². The summed E-state index contributed by atoms with van der Waals surface area (Å²) < 4.78 is 1.96. The fourth-order valence-corrected chi connectivity index (χ4v) is 3.13. The van der Waals surface area contributed by atoms with Crippen LogP contribution in [0.4, 0.5) is 0 Å². The summed E-state index contributed by atoms with van der Waals surface area (Å²) in [5.74, 6) is -1.00. The Morgan fingerprint density at radius 3 is 2.31 bits per heavy atom. The number of hydrogen-bond acceptors (Lipinski definition) is 2. The minimum Gasteiger partial charge on any atom is -0.481 e. The van der Waals surface area contributed by atoms with E-state index < -0.39 is 5.97 Å². The van der Waals surface area contributed by atoms with Crippen LogP contribution in [0.5, 0.6) is 0 Å². The van der Waals surface area contributed by atoms with Crippen LogP contribution in [0.3, 0.4) is 0 Å². The molecule has 0 amide bonds. The predicted molar refractivity (Wildman–Crippen MR) is 104 cm³/mol. The lowest BCUT2D eigenvalue weighted by Crippen LogP contribution is -2.18. The van der Waals surface area contributed by atoms with Crippen molar-refractivity contribution in [2.45, 2.75) is 39.2 Å². The topological polar surface area (TPSA) is 59.3 Å². The zero-order chi connectivity index (χ0) is 18.9. The molecule has 2 aromatic carbocycles. The average molecular weight is 349 g/mol. The first-order chi connectivity index (χ1) is 12.3. The molecule has 0 saturated heterocycles. The standard InChI is InChI=1S/C22H23NO3/c1-22(2,3)17-10-8-15(9-11-17)13-23-14-16(12-20(24)25)21(26)18-6-4-5-7-19(18)23/h4-11,14H,12-13H2,1-3H3,(H,24,25). The van der Waals surface area contributed by atoms with Gasteiger partial charge in [-0.15, -0.1) is 0 Å². The van der Waals surface area contributed by atoms with Gasteiger partial charge in [-0.2, -0.15) is 0 Å². The third kappa shape index (κ3) is 3.69. The highest BCUT2D eigenvalue weighted by atomic mass is 16.4. The first-order valence-corrected chi connectivity index (χ1v) is 8.68. The molecule has 3 aromatic rings. The molecular formula is C22H23NO3. The number of aromatic nitrogens is 1. The van der Waals surface area contributed by atoms with E-state index in [0.717, 1.165) is 11.1 Å². The molecular weight excluding hydrogens is 326 g/mol. The summed E-state index contributed by atoms with van der Waals surface area (Å²) in [5, 5.41) is 9.66. The number of carboxylic acid groups (broad SMARTS) is 1. The Balaban J connectivity index is 2.05. The summed E-state index contributed by atoms with van der Waals surface area (Å²) in [6.07, 6.45) is 1.41. The van der Waals surface area contributed by atoms with E-state index in [1.165, 1.54) is 5.56 Å². The van der Waals surface area contributed by atoms with Crippen LogP contribution in [0.1, 0.15) is 37.5 Å². The minimum atomic E-state index is -1.00. The second kappa shape index (κ2) is 6.79. The molecule has 0 aliphatic carbocycles. The van der Waals surface area contributed by atoms with Gasteiger partial charge in [0.2, 0.25) is 0 Å². The third-order valence-corrected chi connectivity index (χ3v) is 4.58. The monoisotopic (exact) mass is 349 g/mol. The Morgan fingerprint density at radius 1 is 1.04 bits per heavy atom. The summed E-state index contributed by atoms with van der Waals surface area (Å²) >= 11 is 0. The van der Waals surface area contributed by atoms with E-state index in [2.05, 4.69) is 45.0 Å². The summed E-state index contributed by atoms with van der Waals surface area (Å²) in [4.78, 5) is 23.7. The number of benzene rings is 2. The summed E-state index contributed by atoms with van der Waals surface area (Å²) in [6, 6.07) is 15.8. The third-order valence-electron chi connectivity index (χ3n) is 4.58. The van der Waals surface area contributed by atoms with Crippen LogP contribution in [0.15, 0.2) is 59.5 Å². The van der Waals surface area contributed by atoms with E-state index in [4.69, 9.17) is 5.11 Å². The van der Waals surface area contributed by atoms with Crippen LogP contribution in [0, 0.1) is 0 Å². The number of para-hydroxylation sites is 1. The zero-order valence-corrected chi connectivity index (χ0v) is 15.3. The number of fused-ring (bicyclic) bond motifs is 1. The van der Waals surface area contributed by atoms with Gasteiger partial charge in [-0.05, 0) is 28.7 Å². The normalized spacial score (nSPS) is 11.7. The van der Waals surface area contributed by atoms with Crippen molar-refractivity contribution in [3.63, 3.8) is 0 Å². The molecule has 1 aromatic heterocycles. The van der Waals surface area contributed by atoms with E-state index in [0.29, 0.717) is 17.5 Å². The number of pyridine rings is 1. The number of rotatable bonds is 4. The van der Waals surface area contributed by atoms with Gasteiger partial charge in [0.1, 0.15) is 0 Å². The highest BCUT2D eigenvalue weighted by Crippen LogP contribution is 2.23. The van der Waals surface area contributed by atoms with E-state index in [1.54, 1.807) is 18.3 Å². The second-order valence-corrected chi connectivity index (χ2v) is 7.65. The minimum absolute atomic E-state index is 0.0945. The van der Waals surface area contributed by atoms with Gasteiger partial charge < -0.3 is 9.67 Å². The number of carboxylic acids is 1. The molecule has 1 N–H and O–H groups in total. The van der Waals surface area contributed by atoms with Crippen molar-refractivity contribution < 1.29 is 9.90 Å². The van der Waals surface area contributed by atoms with E-state index in [1.807, 2.05) is 16.7 Å². The SMILES string of the molecule is CC(C)(C)c1ccc(Cn2cc(CC(=O)O)c(=O)c3ccccc32)cc1. The first kappa shape index (κ1) is 17.9. The fraction of sp³-hybridized carbons (Fsp3) is 0.273. The molecule has 0 atom stereocenters. The average Bonchev–Trinajstić information content (AvgIpc) is 2.58. The number of nitrogens with zero attached hydrogens (tertiary/aromatic N) is 1. The van der Waals surface area contributed by atoms with Crippen molar-refractivity contribution in [1.29, 1.82) is 0 Å². The first-order valence-electron chi connectivity index (χ1n) is 8.68. The van der Waals surface area contributed by atoms with Crippen LogP contribution in [-0.4, -0.2) is 15.6 Å². The van der Waals surface area contributed by atoms with Crippen LogP contribution in [0.25, 0.3) is 10.9 Å². The zero-order valence-electron chi connectivity index (χ0n) is 15.3. The lowest BCUT2D eigenvalue weighted by molar-refractivity contribution is -0.136. The molecule has 0 spiro atoms. The number of hydrogen-bond donors (Lipinski definition) is 1. The van der Waals surface area contributed by atoms with Gasteiger partial charge in [0.05, 0.1) is 11.9 Å². The molecule has 4 nitrogen and oxygen atoms in total. The predicted octanol–water partition coefficient (Wildman–Crippen LogP) is 3.97. The Morgan fingerprint density at radius 2 is 1.69 bits per heavy atom. The van der Waals surface area contributed by atoms with Crippen molar-refractivity contribution in [3.05, 3.63) is 81.6 Å². The smallest absolute Gasteiger partial charge is 0.308 e. The van der Waals surface area contributed by atoms with Gasteiger partial charge >= 0.3 is 5.97 Å². The molecule has 134 valence electrons. The Kier molecular flexibility index (Phi) is 4.68. The van der Waals surface area contributed by atoms with E-state index in [9.17, 15) is 9.59 Å².